The third-order valence-corrected chi connectivity index (χ3v) is 5.12. The molecule has 3 rings (SSSR count). The van der Waals surface area contributed by atoms with Crippen molar-refractivity contribution in [2.45, 2.75) is 19.8 Å². The van der Waals surface area contributed by atoms with Crippen LogP contribution in [-0.4, -0.2) is 30.6 Å². The summed E-state index contributed by atoms with van der Waals surface area (Å²) in [6.45, 7) is 2.52. The summed E-state index contributed by atoms with van der Waals surface area (Å²) in [5, 5.41) is 10.5. The molecule has 3 aromatic rings. The molecule has 0 aliphatic heterocycles. The van der Waals surface area contributed by atoms with Gasteiger partial charge in [0.25, 0.3) is 0 Å². The molecule has 0 fully saturated rings. The Hall–Kier alpha value is -3.39. The van der Waals surface area contributed by atoms with E-state index in [2.05, 4.69) is 20.9 Å². The molecule has 0 saturated carbocycles. The molecule has 7 nitrogen and oxygen atoms in total. The number of nitrogens with one attached hydrogen (secondary N) is 3. The van der Waals surface area contributed by atoms with Gasteiger partial charge in [0.15, 0.2) is 5.13 Å². The first-order valence-corrected chi connectivity index (χ1v) is 10.4. The fraction of sp³-hybridized carbons (Fsp3) is 0.227. The maximum atomic E-state index is 12.1. The van der Waals surface area contributed by atoms with Gasteiger partial charge in [0.05, 0.1) is 19.2 Å². The quantitative estimate of drug-likeness (QED) is 0.510. The van der Waals surface area contributed by atoms with Crippen LogP contribution in [0.3, 0.4) is 0 Å². The first-order chi connectivity index (χ1) is 14.5. The number of hydrogen-bond acceptors (Lipinski definition) is 5. The monoisotopic (exact) mass is 424 g/mol. The Balaban J connectivity index is 1.41. The van der Waals surface area contributed by atoms with E-state index in [0.717, 1.165) is 23.3 Å². The lowest BCUT2D eigenvalue weighted by Gasteiger charge is -2.06. The molecular weight excluding hydrogens is 400 g/mol. The second-order valence-corrected chi connectivity index (χ2v) is 7.57. The van der Waals surface area contributed by atoms with E-state index in [-0.39, 0.29) is 18.4 Å². The number of benzene rings is 2. The lowest BCUT2D eigenvalue weighted by Crippen LogP contribution is -2.27. The van der Waals surface area contributed by atoms with Gasteiger partial charge in [0.2, 0.25) is 5.91 Å². The molecule has 3 N–H and O–H groups in total. The number of rotatable bonds is 8. The summed E-state index contributed by atoms with van der Waals surface area (Å²) in [4.78, 5) is 28.5. The van der Waals surface area contributed by atoms with Crippen molar-refractivity contribution in [3.63, 3.8) is 0 Å². The number of methoxy groups -OCH3 is 1. The summed E-state index contributed by atoms with van der Waals surface area (Å²) in [5.74, 6) is 0.702. The van der Waals surface area contributed by atoms with Gasteiger partial charge in [0, 0.05) is 17.6 Å². The number of urea groups is 1. The van der Waals surface area contributed by atoms with E-state index in [9.17, 15) is 9.59 Å². The highest BCUT2D eigenvalue weighted by atomic mass is 32.1. The zero-order valence-corrected chi connectivity index (χ0v) is 17.7. The van der Waals surface area contributed by atoms with E-state index in [1.54, 1.807) is 12.5 Å². The molecule has 1 aromatic heterocycles. The van der Waals surface area contributed by atoms with Crippen LogP contribution in [0.2, 0.25) is 0 Å². The Morgan fingerprint density at radius 3 is 2.47 bits per heavy atom. The van der Waals surface area contributed by atoms with Gasteiger partial charge in [-0.15, -0.1) is 11.3 Å². The Bertz CT molecular complexity index is 984. The molecular formula is C22H24N4O3S. The Morgan fingerprint density at radius 2 is 1.77 bits per heavy atom. The van der Waals surface area contributed by atoms with E-state index in [0.29, 0.717) is 23.1 Å². The Kier molecular flexibility index (Phi) is 7.40. The normalized spacial score (nSPS) is 10.3. The molecule has 0 aliphatic rings. The number of amides is 3. The molecule has 1 heterocycles. The number of aryl methyl sites for hydroxylation is 1. The summed E-state index contributed by atoms with van der Waals surface area (Å²) in [6.07, 6.45) is 0.902. The minimum absolute atomic E-state index is 0.107. The average Bonchev–Trinajstić information content (AvgIpc) is 3.16. The molecule has 0 bridgehead atoms. The van der Waals surface area contributed by atoms with Crippen LogP contribution in [0.1, 0.15) is 16.8 Å². The van der Waals surface area contributed by atoms with E-state index in [1.807, 2.05) is 55.5 Å². The van der Waals surface area contributed by atoms with E-state index in [4.69, 9.17) is 4.74 Å². The zero-order valence-electron chi connectivity index (χ0n) is 16.9. The molecule has 3 amide bonds. The van der Waals surface area contributed by atoms with Crippen molar-refractivity contribution in [1.29, 1.82) is 0 Å². The van der Waals surface area contributed by atoms with E-state index >= 15 is 0 Å². The van der Waals surface area contributed by atoms with E-state index in [1.165, 1.54) is 11.3 Å². The van der Waals surface area contributed by atoms with Crippen molar-refractivity contribution in [3.8, 4) is 5.75 Å². The van der Waals surface area contributed by atoms with Gasteiger partial charge in [-0.3, -0.25) is 10.1 Å². The lowest BCUT2D eigenvalue weighted by atomic mass is 10.1. The smallest absolute Gasteiger partial charge is 0.325 e. The van der Waals surface area contributed by atoms with Crippen LogP contribution >= 0.6 is 11.3 Å². The van der Waals surface area contributed by atoms with Gasteiger partial charge >= 0.3 is 6.03 Å². The van der Waals surface area contributed by atoms with Gasteiger partial charge in [0.1, 0.15) is 5.75 Å². The van der Waals surface area contributed by atoms with Gasteiger partial charge in [-0.2, -0.15) is 0 Å². The molecule has 8 heteroatoms. The van der Waals surface area contributed by atoms with Crippen molar-refractivity contribution >= 4 is 34.1 Å². The standard InChI is InChI=1S/C22H24N4O3S/c1-15-3-7-17(8-4-15)24-21(28)26-22-25-18(14-30-22)13-20(27)23-12-11-16-5-9-19(29-2)10-6-16/h3-10,14H,11-13H2,1-2H3,(H,23,27)(H2,24,25,26,28). The lowest BCUT2D eigenvalue weighted by molar-refractivity contribution is -0.120. The fourth-order valence-electron chi connectivity index (χ4n) is 2.71. The predicted octanol–water partition coefficient (Wildman–Crippen LogP) is 4.01. The SMILES string of the molecule is COc1ccc(CCNC(=O)Cc2csc(NC(=O)Nc3ccc(C)cc3)n2)cc1. The number of carbonyl (C=O) groups is 2. The number of aromatic nitrogens is 1. The number of ether oxygens (including phenoxy) is 1. The largest absolute Gasteiger partial charge is 0.497 e. The second kappa shape index (κ2) is 10.4. The highest BCUT2D eigenvalue weighted by Gasteiger charge is 2.10. The highest BCUT2D eigenvalue weighted by molar-refractivity contribution is 7.14. The first kappa shape index (κ1) is 21.3. The molecule has 30 heavy (non-hydrogen) atoms. The maximum absolute atomic E-state index is 12.1. The molecule has 0 atom stereocenters. The zero-order chi connectivity index (χ0) is 21.3. The summed E-state index contributed by atoms with van der Waals surface area (Å²) in [6, 6.07) is 14.9. The topological polar surface area (TPSA) is 92.4 Å². The molecule has 0 saturated heterocycles. The van der Waals surface area contributed by atoms with Crippen molar-refractivity contribution in [3.05, 3.63) is 70.7 Å². The molecule has 2 aromatic carbocycles. The van der Waals surface area contributed by atoms with Crippen LogP contribution in [0.5, 0.6) is 5.75 Å². The summed E-state index contributed by atoms with van der Waals surface area (Å²) in [7, 11) is 1.63. The highest BCUT2D eigenvalue weighted by Crippen LogP contribution is 2.17. The minimum atomic E-state index is -0.372. The molecule has 156 valence electrons. The number of thiazole rings is 1. The maximum Gasteiger partial charge on any atom is 0.325 e. The average molecular weight is 425 g/mol. The number of nitrogens with zero attached hydrogens (tertiary/aromatic N) is 1. The van der Waals surface area contributed by atoms with Crippen LogP contribution in [0.4, 0.5) is 15.6 Å². The van der Waals surface area contributed by atoms with Crippen LogP contribution < -0.4 is 20.7 Å². The number of carbonyl (C=O) groups excluding carboxylic acids is 2. The predicted molar refractivity (Wildman–Crippen MR) is 119 cm³/mol. The first-order valence-electron chi connectivity index (χ1n) is 9.50. The van der Waals surface area contributed by atoms with Crippen LogP contribution in [0.25, 0.3) is 0 Å². The number of anilines is 2. The fourth-order valence-corrected chi connectivity index (χ4v) is 3.41. The van der Waals surface area contributed by atoms with Crippen molar-refractivity contribution < 1.29 is 14.3 Å². The van der Waals surface area contributed by atoms with Crippen molar-refractivity contribution in [2.75, 3.05) is 24.3 Å². The Labute approximate surface area is 179 Å². The van der Waals surface area contributed by atoms with Gasteiger partial charge < -0.3 is 15.4 Å². The summed E-state index contributed by atoms with van der Waals surface area (Å²) < 4.78 is 5.13. The Morgan fingerprint density at radius 1 is 1.03 bits per heavy atom. The van der Waals surface area contributed by atoms with Crippen LogP contribution in [0.15, 0.2) is 53.9 Å². The molecule has 0 spiro atoms. The minimum Gasteiger partial charge on any atom is -0.497 e. The van der Waals surface area contributed by atoms with Crippen LogP contribution in [0, 0.1) is 6.92 Å². The summed E-state index contributed by atoms with van der Waals surface area (Å²) in [5.41, 5.74) is 3.56. The van der Waals surface area contributed by atoms with Crippen molar-refractivity contribution in [1.82, 2.24) is 10.3 Å². The van der Waals surface area contributed by atoms with Gasteiger partial charge in [-0.25, -0.2) is 9.78 Å². The third-order valence-electron chi connectivity index (χ3n) is 4.32. The second-order valence-electron chi connectivity index (χ2n) is 6.71. The molecule has 0 radical (unpaired) electrons. The van der Waals surface area contributed by atoms with E-state index < -0.39 is 0 Å². The number of hydrogen-bond donors (Lipinski definition) is 3. The van der Waals surface area contributed by atoms with Crippen molar-refractivity contribution in [2.24, 2.45) is 0 Å². The molecule has 0 aliphatic carbocycles. The third kappa shape index (κ3) is 6.59. The molecule has 0 unspecified atom stereocenters. The van der Waals surface area contributed by atoms with Gasteiger partial charge in [-0.05, 0) is 43.2 Å². The summed E-state index contributed by atoms with van der Waals surface area (Å²) >= 11 is 1.28. The van der Waals surface area contributed by atoms with Crippen LogP contribution in [-0.2, 0) is 17.6 Å². The van der Waals surface area contributed by atoms with Gasteiger partial charge in [-0.1, -0.05) is 29.8 Å².